The summed E-state index contributed by atoms with van der Waals surface area (Å²) in [6.07, 6.45) is 1.50. The van der Waals surface area contributed by atoms with Gasteiger partial charge in [-0.25, -0.2) is 8.42 Å². The van der Waals surface area contributed by atoms with Crippen LogP contribution in [0.15, 0.2) is 39.9 Å². The van der Waals surface area contributed by atoms with E-state index in [1.165, 1.54) is 22.6 Å². The second-order valence-electron chi connectivity index (χ2n) is 5.78. The highest BCUT2D eigenvalue weighted by atomic mass is 32.2. The molecule has 0 bridgehead atoms. The fourth-order valence-electron chi connectivity index (χ4n) is 2.75. The number of benzene rings is 1. The van der Waals surface area contributed by atoms with Gasteiger partial charge in [-0.1, -0.05) is 12.1 Å². The Hall–Kier alpha value is -2.39. The molecule has 26 heavy (non-hydrogen) atoms. The monoisotopic (exact) mass is 394 g/mol. The standard InChI is InChI=1S/C17H18N2O5S2/c1-12(20)24-11-16(21)18-14-7-6-13-4-2-8-19(15(13)10-14)26(22,23)17-5-3-9-25-17/h3,5-7,9-10H,2,4,8,11H2,1H3,(H,18,21). The molecule has 1 aliphatic heterocycles. The molecule has 1 aromatic heterocycles. The number of carbonyl (C=O) groups excluding carboxylic acids is 2. The lowest BCUT2D eigenvalue weighted by Gasteiger charge is -2.30. The SMILES string of the molecule is CC(=O)OCC(=O)Nc1ccc2c(c1)N(S(=O)(=O)c1cccs1)CCC2. The van der Waals surface area contributed by atoms with E-state index >= 15 is 0 Å². The first kappa shape index (κ1) is 18.4. The summed E-state index contributed by atoms with van der Waals surface area (Å²) in [6, 6.07) is 8.46. The summed E-state index contributed by atoms with van der Waals surface area (Å²) in [4.78, 5) is 22.6. The summed E-state index contributed by atoms with van der Waals surface area (Å²) in [5.41, 5.74) is 1.93. The van der Waals surface area contributed by atoms with Crippen molar-refractivity contribution < 1.29 is 22.7 Å². The topological polar surface area (TPSA) is 92.8 Å². The molecule has 1 N–H and O–H groups in total. The van der Waals surface area contributed by atoms with Crippen LogP contribution in [-0.4, -0.2) is 33.4 Å². The van der Waals surface area contributed by atoms with Gasteiger partial charge in [-0.3, -0.25) is 13.9 Å². The van der Waals surface area contributed by atoms with Crippen molar-refractivity contribution in [3.63, 3.8) is 0 Å². The molecule has 0 saturated carbocycles. The smallest absolute Gasteiger partial charge is 0.303 e. The second-order valence-corrected chi connectivity index (χ2v) is 8.82. The molecule has 0 atom stereocenters. The molecule has 138 valence electrons. The van der Waals surface area contributed by atoms with Crippen LogP contribution in [0.4, 0.5) is 11.4 Å². The van der Waals surface area contributed by atoms with Gasteiger partial charge < -0.3 is 10.1 Å². The molecule has 0 saturated heterocycles. The summed E-state index contributed by atoms with van der Waals surface area (Å²) in [5, 5.41) is 4.34. The van der Waals surface area contributed by atoms with Gasteiger partial charge in [-0.15, -0.1) is 11.3 Å². The van der Waals surface area contributed by atoms with Gasteiger partial charge in [0.2, 0.25) is 0 Å². The highest BCUT2D eigenvalue weighted by Gasteiger charge is 2.30. The minimum atomic E-state index is -3.63. The third-order valence-corrected chi connectivity index (χ3v) is 7.08. The Morgan fingerprint density at radius 2 is 2.12 bits per heavy atom. The Morgan fingerprint density at radius 1 is 1.31 bits per heavy atom. The van der Waals surface area contributed by atoms with Gasteiger partial charge in [0.1, 0.15) is 4.21 Å². The third kappa shape index (κ3) is 3.88. The van der Waals surface area contributed by atoms with E-state index in [0.29, 0.717) is 17.9 Å². The van der Waals surface area contributed by atoms with Crippen LogP contribution in [0.25, 0.3) is 0 Å². The van der Waals surface area contributed by atoms with Crippen LogP contribution in [0.5, 0.6) is 0 Å². The minimum Gasteiger partial charge on any atom is -0.456 e. The Bertz CT molecular complexity index is 923. The molecule has 0 radical (unpaired) electrons. The van der Waals surface area contributed by atoms with Crippen LogP contribution in [0.3, 0.4) is 0 Å². The Labute approximate surface area is 155 Å². The molecule has 1 aliphatic rings. The van der Waals surface area contributed by atoms with Gasteiger partial charge in [-0.05, 0) is 42.0 Å². The number of ether oxygens (including phenoxy) is 1. The number of thiophene rings is 1. The zero-order chi connectivity index (χ0) is 18.7. The highest BCUT2D eigenvalue weighted by Crippen LogP contribution is 2.35. The zero-order valence-electron chi connectivity index (χ0n) is 14.1. The van der Waals surface area contributed by atoms with Gasteiger partial charge in [0.05, 0.1) is 5.69 Å². The number of anilines is 2. The first-order chi connectivity index (χ1) is 12.4. The minimum absolute atomic E-state index is 0.287. The Balaban J connectivity index is 1.87. The number of esters is 1. The van der Waals surface area contributed by atoms with E-state index < -0.39 is 21.9 Å². The first-order valence-electron chi connectivity index (χ1n) is 8.00. The lowest BCUT2D eigenvalue weighted by Crippen LogP contribution is -2.35. The maximum Gasteiger partial charge on any atom is 0.303 e. The molecule has 3 rings (SSSR count). The molecule has 2 aromatic rings. The number of sulfonamides is 1. The van der Waals surface area contributed by atoms with Gasteiger partial charge in [-0.2, -0.15) is 0 Å². The summed E-state index contributed by atoms with van der Waals surface area (Å²) in [5.74, 6) is -1.03. The van der Waals surface area contributed by atoms with E-state index in [-0.39, 0.29) is 10.8 Å². The number of hydrogen-bond donors (Lipinski definition) is 1. The molecule has 1 amide bonds. The number of nitrogens with zero attached hydrogens (tertiary/aromatic N) is 1. The van der Waals surface area contributed by atoms with E-state index in [9.17, 15) is 18.0 Å². The second kappa shape index (κ2) is 7.46. The fourth-order valence-corrected chi connectivity index (χ4v) is 5.39. The lowest BCUT2D eigenvalue weighted by atomic mass is 10.0. The molecule has 2 heterocycles. The van der Waals surface area contributed by atoms with Crippen molar-refractivity contribution in [2.24, 2.45) is 0 Å². The van der Waals surface area contributed by atoms with Crippen molar-refractivity contribution in [2.45, 2.75) is 24.0 Å². The third-order valence-electron chi connectivity index (χ3n) is 3.89. The molecule has 7 nitrogen and oxygen atoms in total. The predicted octanol–water partition coefficient (Wildman–Crippen LogP) is 2.39. The van der Waals surface area contributed by atoms with E-state index in [1.807, 2.05) is 6.07 Å². The van der Waals surface area contributed by atoms with E-state index in [2.05, 4.69) is 10.1 Å². The number of nitrogens with one attached hydrogen (secondary N) is 1. The summed E-state index contributed by atoms with van der Waals surface area (Å²) >= 11 is 1.17. The van der Waals surface area contributed by atoms with Crippen molar-refractivity contribution in [1.29, 1.82) is 0 Å². The maximum atomic E-state index is 12.9. The fraction of sp³-hybridized carbons (Fsp3) is 0.294. The Morgan fingerprint density at radius 3 is 2.81 bits per heavy atom. The van der Waals surface area contributed by atoms with Gasteiger partial charge in [0.15, 0.2) is 6.61 Å². The van der Waals surface area contributed by atoms with Crippen LogP contribution >= 0.6 is 11.3 Å². The molecular formula is C17H18N2O5S2. The van der Waals surface area contributed by atoms with Crippen LogP contribution < -0.4 is 9.62 Å². The van der Waals surface area contributed by atoms with Crippen LogP contribution in [-0.2, 0) is 30.8 Å². The highest BCUT2D eigenvalue weighted by molar-refractivity contribution is 7.94. The number of fused-ring (bicyclic) bond motifs is 1. The average Bonchev–Trinajstić information content (AvgIpc) is 3.15. The Kier molecular flexibility index (Phi) is 5.28. The molecule has 9 heteroatoms. The van der Waals surface area contributed by atoms with Crippen molar-refractivity contribution in [1.82, 2.24) is 0 Å². The van der Waals surface area contributed by atoms with E-state index in [0.717, 1.165) is 18.4 Å². The van der Waals surface area contributed by atoms with Gasteiger partial charge >= 0.3 is 5.97 Å². The molecule has 0 fully saturated rings. The normalized spacial score (nSPS) is 13.8. The lowest BCUT2D eigenvalue weighted by molar-refractivity contribution is -0.144. The van der Waals surface area contributed by atoms with Gasteiger partial charge in [0.25, 0.3) is 15.9 Å². The van der Waals surface area contributed by atoms with E-state index in [1.54, 1.807) is 29.6 Å². The zero-order valence-corrected chi connectivity index (χ0v) is 15.7. The largest absolute Gasteiger partial charge is 0.456 e. The number of rotatable bonds is 5. The van der Waals surface area contributed by atoms with Crippen molar-refractivity contribution in [2.75, 3.05) is 22.8 Å². The molecular weight excluding hydrogens is 376 g/mol. The number of carbonyl (C=O) groups is 2. The van der Waals surface area contributed by atoms with Crippen LogP contribution in [0, 0.1) is 0 Å². The van der Waals surface area contributed by atoms with Crippen LogP contribution in [0.1, 0.15) is 18.9 Å². The summed E-state index contributed by atoms with van der Waals surface area (Å²) < 4.78 is 32.2. The van der Waals surface area contributed by atoms with Crippen molar-refractivity contribution in [3.05, 3.63) is 41.3 Å². The van der Waals surface area contributed by atoms with Crippen molar-refractivity contribution >= 4 is 44.6 Å². The first-order valence-corrected chi connectivity index (χ1v) is 10.3. The maximum absolute atomic E-state index is 12.9. The number of amides is 1. The molecule has 0 unspecified atom stereocenters. The quantitative estimate of drug-likeness (QED) is 0.786. The molecule has 1 aromatic carbocycles. The van der Waals surface area contributed by atoms with Crippen LogP contribution in [0.2, 0.25) is 0 Å². The number of aryl methyl sites for hydroxylation is 1. The predicted molar refractivity (Wildman–Crippen MR) is 98.9 cm³/mol. The number of hydrogen-bond acceptors (Lipinski definition) is 6. The summed E-state index contributed by atoms with van der Waals surface area (Å²) in [7, 11) is -3.63. The average molecular weight is 394 g/mol. The molecule has 0 aliphatic carbocycles. The van der Waals surface area contributed by atoms with E-state index in [4.69, 9.17) is 0 Å². The van der Waals surface area contributed by atoms with Crippen molar-refractivity contribution in [3.8, 4) is 0 Å². The van der Waals surface area contributed by atoms with Gasteiger partial charge in [0, 0.05) is 19.2 Å². The summed E-state index contributed by atoms with van der Waals surface area (Å²) in [6.45, 7) is 1.22. The molecule has 0 spiro atoms.